The molecule has 2 aromatic rings. The van der Waals surface area contributed by atoms with Gasteiger partial charge in [0, 0.05) is 12.2 Å². The lowest BCUT2D eigenvalue weighted by molar-refractivity contribution is -0.149. The number of halogens is 3. The molecule has 0 spiro atoms. The Labute approximate surface area is 100 Å². The Morgan fingerprint density at radius 1 is 1.33 bits per heavy atom. The van der Waals surface area contributed by atoms with E-state index >= 15 is 0 Å². The number of hydrogen-bond donors (Lipinski definition) is 1. The number of aliphatic hydroxyl groups excluding tert-OH is 1. The molecule has 0 aromatic carbocycles. The van der Waals surface area contributed by atoms with E-state index < -0.39 is 18.1 Å². The van der Waals surface area contributed by atoms with Gasteiger partial charge in [-0.3, -0.25) is 0 Å². The summed E-state index contributed by atoms with van der Waals surface area (Å²) < 4.78 is 39.9. The number of imidazole rings is 1. The van der Waals surface area contributed by atoms with Gasteiger partial charge in [0.25, 0.3) is 0 Å². The fraction of sp³-hybridized carbons (Fsp3) is 0.455. The second kappa shape index (κ2) is 3.68. The summed E-state index contributed by atoms with van der Waals surface area (Å²) in [4.78, 5) is 7.57. The smallest absolute Gasteiger partial charge is 0.393 e. The van der Waals surface area contributed by atoms with Crippen LogP contribution in [-0.4, -0.2) is 25.7 Å². The van der Waals surface area contributed by atoms with Crippen molar-refractivity contribution in [1.82, 2.24) is 14.5 Å². The van der Waals surface area contributed by atoms with E-state index in [2.05, 4.69) is 9.97 Å². The van der Waals surface area contributed by atoms with Crippen LogP contribution in [-0.2, 0) is 6.18 Å². The number of aromatic nitrogens is 3. The zero-order valence-corrected chi connectivity index (χ0v) is 9.22. The molecule has 1 fully saturated rings. The van der Waals surface area contributed by atoms with E-state index in [0.717, 1.165) is 4.57 Å². The lowest BCUT2D eigenvalue weighted by Crippen LogP contribution is -2.33. The van der Waals surface area contributed by atoms with Gasteiger partial charge in [0.15, 0.2) is 5.65 Å². The molecule has 1 N–H and O–H groups in total. The Bertz CT molecular complexity index is 587. The largest absolute Gasteiger partial charge is 0.449 e. The molecule has 2 heterocycles. The SMILES string of the molecule is OC1CC(n2c(C(F)(F)F)nc3cccnc32)C1. The van der Waals surface area contributed by atoms with Gasteiger partial charge in [0.05, 0.1) is 6.10 Å². The number of nitrogens with zero attached hydrogens (tertiary/aromatic N) is 3. The average molecular weight is 257 g/mol. The summed E-state index contributed by atoms with van der Waals surface area (Å²) in [6.07, 6.45) is -2.98. The Balaban J connectivity index is 2.18. The Morgan fingerprint density at radius 3 is 2.67 bits per heavy atom. The third-order valence-electron chi connectivity index (χ3n) is 3.16. The first kappa shape index (κ1) is 11.5. The standard InChI is InChI=1S/C11H10F3N3O/c12-11(13,14)10-16-8-2-1-3-15-9(8)17(10)6-4-7(18)5-6/h1-3,6-7,18H,4-5H2. The normalized spacial score (nSPS) is 24.2. The topological polar surface area (TPSA) is 50.9 Å². The van der Waals surface area contributed by atoms with Gasteiger partial charge >= 0.3 is 6.18 Å². The number of alkyl halides is 3. The molecule has 3 rings (SSSR count). The fourth-order valence-corrected chi connectivity index (χ4v) is 2.25. The van der Waals surface area contributed by atoms with Gasteiger partial charge in [0.2, 0.25) is 5.82 Å². The monoisotopic (exact) mass is 257 g/mol. The highest BCUT2D eigenvalue weighted by Crippen LogP contribution is 2.39. The fourth-order valence-electron chi connectivity index (χ4n) is 2.25. The van der Waals surface area contributed by atoms with Crippen LogP contribution < -0.4 is 0 Å². The zero-order valence-electron chi connectivity index (χ0n) is 9.22. The van der Waals surface area contributed by atoms with Gasteiger partial charge in [-0.25, -0.2) is 9.97 Å². The minimum Gasteiger partial charge on any atom is -0.393 e. The van der Waals surface area contributed by atoms with Crippen molar-refractivity contribution < 1.29 is 18.3 Å². The quantitative estimate of drug-likeness (QED) is 0.851. The Hall–Kier alpha value is -1.63. The molecular weight excluding hydrogens is 247 g/mol. The van der Waals surface area contributed by atoms with Crippen LogP contribution in [0.15, 0.2) is 18.3 Å². The maximum Gasteiger partial charge on any atom is 0.449 e. The van der Waals surface area contributed by atoms with Crippen molar-refractivity contribution in [2.75, 3.05) is 0 Å². The second-order valence-electron chi connectivity index (χ2n) is 4.43. The molecule has 0 bridgehead atoms. The molecule has 0 atom stereocenters. The van der Waals surface area contributed by atoms with Gasteiger partial charge in [-0.05, 0) is 25.0 Å². The molecule has 0 aliphatic heterocycles. The minimum atomic E-state index is -4.51. The molecule has 2 aromatic heterocycles. The maximum absolute atomic E-state index is 12.9. The lowest BCUT2D eigenvalue weighted by Gasteiger charge is -2.33. The lowest BCUT2D eigenvalue weighted by atomic mass is 9.89. The summed E-state index contributed by atoms with van der Waals surface area (Å²) in [5.74, 6) is -0.937. The summed E-state index contributed by atoms with van der Waals surface area (Å²) in [6.45, 7) is 0. The van der Waals surface area contributed by atoms with Gasteiger partial charge < -0.3 is 9.67 Å². The molecule has 0 saturated heterocycles. The van der Waals surface area contributed by atoms with Crippen LogP contribution in [0.5, 0.6) is 0 Å². The predicted molar refractivity (Wildman–Crippen MR) is 56.8 cm³/mol. The van der Waals surface area contributed by atoms with E-state index in [1.165, 1.54) is 12.3 Å². The van der Waals surface area contributed by atoms with Gasteiger partial charge in [-0.15, -0.1) is 0 Å². The minimum absolute atomic E-state index is 0.224. The van der Waals surface area contributed by atoms with E-state index in [1.807, 2.05) is 0 Å². The van der Waals surface area contributed by atoms with Crippen molar-refractivity contribution >= 4 is 11.2 Å². The molecule has 1 saturated carbocycles. The van der Waals surface area contributed by atoms with Crippen molar-refractivity contribution in [3.8, 4) is 0 Å². The number of fused-ring (bicyclic) bond motifs is 1. The van der Waals surface area contributed by atoms with Crippen LogP contribution in [0.3, 0.4) is 0 Å². The number of aliphatic hydroxyl groups is 1. The van der Waals surface area contributed by atoms with Crippen molar-refractivity contribution in [2.24, 2.45) is 0 Å². The van der Waals surface area contributed by atoms with E-state index in [9.17, 15) is 18.3 Å². The molecule has 7 heteroatoms. The molecule has 0 radical (unpaired) electrons. The first-order valence-corrected chi connectivity index (χ1v) is 5.55. The van der Waals surface area contributed by atoms with Crippen LogP contribution in [0.25, 0.3) is 11.2 Å². The maximum atomic E-state index is 12.9. The van der Waals surface area contributed by atoms with Crippen LogP contribution >= 0.6 is 0 Å². The molecule has 1 aliphatic rings. The molecule has 0 amide bonds. The van der Waals surface area contributed by atoms with E-state index in [-0.39, 0.29) is 17.2 Å². The molecule has 0 unspecified atom stereocenters. The van der Waals surface area contributed by atoms with E-state index in [0.29, 0.717) is 12.8 Å². The Morgan fingerprint density at radius 2 is 2.06 bits per heavy atom. The number of pyridine rings is 1. The van der Waals surface area contributed by atoms with Gasteiger partial charge in [-0.1, -0.05) is 0 Å². The first-order chi connectivity index (χ1) is 8.47. The van der Waals surface area contributed by atoms with Crippen LogP contribution in [0.4, 0.5) is 13.2 Å². The van der Waals surface area contributed by atoms with Crippen molar-refractivity contribution in [3.63, 3.8) is 0 Å². The second-order valence-corrected chi connectivity index (χ2v) is 4.43. The molecular formula is C11H10F3N3O. The summed E-state index contributed by atoms with van der Waals surface area (Å²) >= 11 is 0. The third-order valence-corrected chi connectivity index (χ3v) is 3.16. The highest BCUT2D eigenvalue weighted by Gasteiger charge is 2.42. The number of rotatable bonds is 1. The third kappa shape index (κ3) is 1.66. The van der Waals surface area contributed by atoms with Crippen molar-refractivity contribution in [1.29, 1.82) is 0 Å². The van der Waals surface area contributed by atoms with Crippen molar-refractivity contribution in [3.05, 3.63) is 24.2 Å². The summed E-state index contributed by atoms with van der Waals surface area (Å²) in [7, 11) is 0. The molecule has 96 valence electrons. The summed E-state index contributed by atoms with van der Waals surface area (Å²) in [5, 5.41) is 9.25. The highest BCUT2D eigenvalue weighted by molar-refractivity contribution is 5.71. The van der Waals surface area contributed by atoms with Gasteiger partial charge in [0.1, 0.15) is 5.52 Å². The van der Waals surface area contributed by atoms with Crippen LogP contribution in [0.2, 0.25) is 0 Å². The van der Waals surface area contributed by atoms with Crippen LogP contribution in [0.1, 0.15) is 24.7 Å². The molecule has 1 aliphatic carbocycles. The van der Waals surface area contributed by atoms with Crippen molar-refractivity contribution in [2.45, 2.75) is 31.2 Å². The van der Waals surface area contributed by atoms with E-state index in [1.54, 1.807) is 6.07 Å². The Kier molecular flexibility index (Phi) is 2.34. The predicted octanol–water partition coefficient (Wildman–Crippen LogP) is 2.15. The first-order valence-electron chi connectivity index (χ1n) is 5.55. The molecule has 4 nitrogen and oxygen atoms in total. The molecule has 18 heavy (non-hydrogen) atoms. The average Bonchev–Trinajstić information content (AvgIpc) is 2.63. The highest BCUT2D eigenvalue weighted by atomic mass is 19.4. The number of hydrogen-bond acceptors (Lipinski definition) is 3. The summed E-state index contributed by atoms with van der Waals surface area (Å²) in [6, 6.07) is 2.68. The zero-order chi connectivity index (χ0) is 12.9. The summed E-state index contributed by atoms with van der Waals surface area (Å²) in [5.41, 5.74) is 0.452. The van der Waals surface area contributed by atoms with Crippen LogP contribution in [0, 0.1) is 0 Å². The van der Waals surface area contributed by atoms with E-state index in [4.69, 9.17) is 0 Å². The van der Waals surface area contributed by atoms with Gasteiger partial charge in [-0.2, -0.15) is 13.2 Å².